The van der Waals surface area contributed by atoms with Crippen molar-refractivity contribution >= 4 is 5.97 Å². The van der Waals surface area contributed by atoms with E-state index in [1.807, 2.05) is 0 Å². The van der Waals surface area contributed by atoms with Crippen LogP contribution >= 0.6 is 0 Å². The summed E-state index contributed by atoms with van der Waals surface area (Å²) in [5, 5.41) is 17.7. The van der Waals surface area contributed by atoms with Crippen molar-refractivity contribution in [2.24, 2.45) is 0 Å². The molecule has 2 N–H and O–H groups in total. The number of hydrogen-bond donors (Lipinski definition) is 2. The lowest BCUT2D eigenvalue weighted by Gasteiger charge is -2.17. The van der Waals surface area contributed by atoms with Crippen LogP contribution in [0.15, 0.2) is 24.3 Å². The number of para-hydroxylation sites is 1. The zero-order valence-electron chi connectivity index (χ0n) is 8.69. The van der Waals surface area contributed by atoms with Gasteiger partial charge in [-0.05, 0) is 6.07 Å². The van der Waals surface area contributed by atoms with Gasteiger partial charge >= 0.3 is 12.3 Å². The molecule has 2 atom stereocenters. The molecule has 0 heterocycles. The number of carbonyl (C=O) groups is 1. The van der Waals surface area contributed by atoms with E-state index in [0.717, 1.165) is 12.1 Å². The third kappa shape index (κ3) is 3.59. The number of alkyl halides is 4. The second kappa shape index (κ2) is 5.21. The molecule has 0 radical (unpaired) electrons. The Bertz CT molecular complexity index is 432. The normalized spacial score (nSPS) is 14.9. The van der Waals surface area contributed by atoms with Gasteiger partial charge < -0.3 is 14.9 Å². The first-order valence-corrected chi connectivity index (χ1v) is 4.62. The van der Waals surface area contributed by atoms with Crippen molar-refractivity contribution in [3.05, 3.63) is 29.8 Å². The lowest BCUT2D eigenvalue weighted by Crippen LogP contribution is -2.25. The summed E-state index contributed by atoms with van der Waals surface area (Å²) in [6, 6.07) is 4.18. The van der Waals surface area contributed by atoms with Gasteiger partial charge in [0, 0.05) is 5.56 Å². The van der Waals surface area contributed by atoms with Crippen LogP contribution in [0.1, 0.15) is 11.7 Å². The van der Waals surface area contributed by atoms with Crippen LogP contribution in [0.2, 0.25) is 0 Å². The van der Waals surface area contributed by atoms with Gasteiger partial charge in [-0.3, -0.25) is 0 Å². The molecular weight excluding hydrogens is 260 g/mol. The molecule has 0 fully saturated rings. The van der Waals surface area contributed by atoms with Crippen molar-refractivity contribution in [1.29, 1.82) is 0 Å². The van der Waals surface area contributed by atoms with Crippen LogP contribution < -0.4 is 4.74 Å². The molecule has 100 valence electrons. The smallest absolute Gasteiger partial charge is 0.479 e. The molecule has 0 saturated carbocycles. The standard InChI is InChI=1S/C10H8F4O4/c11-7(9(16)17)8(15)5-3-1-2-4-6(5)18-10(12,13)14/h1-4,7-8,15H,(H,16,17). The van der Waals surface area contributed by atoms with Crippen LogP contribution in [0.5, 0.6) is 5.75 Å². The molecule has 0 aliphatic carbocycles. The van der Waals surface area contributed by atoms with Gasteiger partial charge in [0.1, 0.15) is 11.9 Å². The quantitative estimate of drug-likeness (QED) is 0.820. The van der Waals surface area contributed by atoms with Gasteiger partial charge in [-0.25, -0.2) is 9.18 Å². The summed E-state index contributed by atoms with van der Waals surface area (Å²) in [5.74, 6) is -2.83. The first-order valence-electron chi connectivity index (χ1n) is 4.62. The Morgan fingerprint density at radius 3 is 2.33 bits per heavy atom. The molecule has 8 heteroatoms. The molecule has 1 aromatic rings. The predicted molar refractivity (Wildman–Crippen MR) is 50.6 cm³/mol. The Balaban J connectivity index is 3.05. The van der Waals surface area contributed by atoms with E-state index in [1.165, 1.54) is 12.1 Å². The van der Waals surface area contributed by atoms with Crippen LogP contribution in [-0.2, 0) is 4.79 Å². The number of hydrogen-bond acceptors (Lipinski definition) is 3. The van der Waals surface area contributed by atoms with Gasteiger partial charge in [0.15, 0.2) is 0 Å². The Kier molecular flexibility index (Phi) is 4.12. The number of carboxylic acids is 1. The van der Waals surface area contributed by atoms with E-state index in [4.69, 9.17) is 5.11 Å². The van der Waals surface area contributed by atoms with Crippen molar-refractivity contribution in [3.63, 3.8) is 0 Å². The average Bonchev–Trinajstić information content (AvgIpc) is 2.25. The van der Waals surface area contributed by atoms with Crippen LogP contribution in [0.25, 0.3) is 0 Å². The van der Waals surface area contributed by atoms with E-state index in [1.54, 1.807) is 0 Å². The molecular formula is C10H8F4O4. The van der Waals surface area contributed by atoms with Crippen LogP contribution in [0, 0.1) is 0 Å². The number of aliphatic carboxylic acids is 1. The fraction of sp³-hybridized carbons (Fsp3) is 0.300. The third-order valence-electron chi connectivity index (χ3n) is 1.98. The number of carboxylic acid groups (broad SMARTS) is 1. The Hall–Kier alpha value is -1.83. The fourth-order valence-electron chi connectivity index (χ4n) is 1.24. The number of ether oxygens (including phenoxy) is 1. The molecule has 2 unspecified atom stereocenters. The van der Waals surface area contributed by atoms with E-state index >= 15 is 0 Å². The van der Waals surface area contributed by atoms with Gasteiger partial charge in [-0.2, -0.15) is 0 Å². The molecule has 0 spiro atoms. The second-order valence-corrected chi connectivity index (χ2v) is 3.27. The van der Waals surface area contributed by atoms with Crippen molar-refractivity contribution in [1.82, 2.24) is 0 Å². The summed E-state index contributed by atoms with van der Waals surface area (Å²) in [6.45, 7) is 0. The van der Waals surface area contributed by atoms with Crippen LogP contribution in [-0.4, -0.2) is 28.7 Å². The summed E-state index contributed by atoms with van der Waals surface area (Å²) in [6.07, 6.45) is -10.0. The van der Waals surface area contributed by atoms with Gasteiger partial charge in [-0.15, -0.1) is 13.2 Å². The highest BCUT2D eigenvalue weighted by atomic mass is 19.4. The topological polar surface area (TPSA) is 66.8 Å². The minimum absolute atomic E-state index is 0.593. The lowest BCUT2D eigenvalue weighted by atomic mass is 10.0. The van der Waals surface area contributed by atoms with Gasteiger partial charge in [0.2, 0.25) is 6.17 Å². The zero-order chi connectivity index (χ0) is 13.9. The van der Waals surface area contributed by atoms with Crippen molar-refractivity contribution in [2.45, 2.75) is 18.6 Å². The third-order valence-corrected chi connectivity index (χ3v) is 1.98. The molecule has 0 amide bonds. The molecule has 0 aliphatic rings. The highest BCUT2D eigenvalue weighted by Gasteiger charge is 2.35. The number of aliphatic hydroxyl groups excluding tert-OH is 1. The van der Waals surface area contributed by atoms with E-state index in [9.17, 15) is 27.5 Å². The molecule has 4 nitrogen and oxygen atoms in total. The Morgan fingerprint density at radius 2 is 1.83 bits per heavy atom. The van der Waals surface area contributed by atoms with Crippen molar-refractivity contribution < 1.29 is 37.3 Å². The predicted octanol–water partition coefficient (Wildman–Crippen LogP) is 2.04. The molecule has 0 bridgehead atoms. The Morgan fingerprint density at radius 1 is 1.28 bits per heavy atom. The molecule has 0 saturated heterocycles. The van der Waals surface area contributed by atoms with Crippen LogP contribution in [0.4, 0.5) is 17.6 Å². The number of halogens is 4. The van der Waals surface area contributed by atoms with Crippen molar-refractivity contribution in [3.8, 4) is 5.75 Å². The first-order chi connectivity index (χ1) is 8.22. The monoisotopic (exact) mass is 268 g/mol. The van der Waals surface area contributed by atoms with Crippen LogP contribution in [0.3, 0.4) is 0 Å². The average molecular weight is 268 g/mol. The van der Waals surface area contributed by atoms with E-state index in [0.29, 0.717) is 0 Å². The summed E-state index contributed by atoms with van der Waals surface area (Å²) in [5.41, 5.74) is -0.593. The zero-order valence-corrected chi connectivity index (χ0v) is 8.69. The number of rotatable bonds is 4. The largest absolute Gasteiger partial charge is 0.573 e. The molecule has 0 aromatic heterocycles. The minimum Gasteiger partial charge on any atom is -0.479 e. The minimum atomic E-state index is -5.02. The van der Waals surface area contributed by atoms with Gasteiger partial charge in [0.25, 0.3) is 0 Å². The summed E-state index contributed by atoms with van der Waals surface area (Å²) in [7, 11) is 0. The maximum absolute atomic E-state index is 13.0. The Labute approximate surface area is 98.4 Å². The van der Waals surface area contributed by atoms with Crippen molar-refractivity contribution in [2.75, 3.05) is 0 Å². The maximum atomic E-state index is 13.0. The molecule has 0 aliphatic heterocycles. The number of benzene rings is 1. The van der Waals surface area contributed by atoms with Gasteiger partial charge in [-0.1, -0.05) is 18.2 Å². The van der Waals surface area contributed by atoms with E-state index in [-0.39, 0.29) is 0 Å². The molecule has 1 aromatic carbocycles. The first kappa shape index (κ1) is 14.2. The lowest BCUT2D eigenvalue weighted by molar-refractivity contribution is -0.275. The fourth-order valence-corrected chi connectivity index (χ4v) is 1.24. The maximum Gasteiger partial charge on any atom is 0.573 e. The van der Waals surface area contributed by atoms with E-state index < -0.39 is 35.9 Å². The molecule has 1 rings (SSSR count). The summed E-state index contributed by atoms with van der Waals surface area (Å²) >= 11 is 0. The summed E-state index contributed by atoms with van der Waals surface area (Å²) < 4.78 is 52.7. The number of aliphatic hydroxyl groups is 1. The second-order valence-electron chi connectivity index (χ2n) is 3.27. The molecule has 18 heavy (non-hydrogen) atoms. The highest BCUT2D eigenvalue weighted by Crippen LogP contribution is 2.32. The van der Waals surface area contributed by atoms with Gasteiger partial charge in [0.05, 0.1) is 0 Å². The summed E-state index contributed by atoms with van der Waals surface area (Å²) in [4.78, 5) is 10.3. The van der Waals surface area contributed by atoms with E-state index in [2.05, 4.69) is 4.74 Å². The SMILES string of the molecule is O=C(O)C(F)C(O)c1ccccc1OC(F)(F)F. The highest BCUT2D eigenvalue weighted by molar-refractivity contribution is 5.73.